The lowest BCUT2D eigenvalue weighted by Gasteiger charge is -2.38. The molecule has 2 amide bonds. The Labute approximate surface area is 212 Å². The Kier molecular flexibility index (Phi) is 7.53. The first-order valence-electron chi connectivity index (χ1n) is 11.4. The van der Waals surface area contributed by atoms with Crippen LogP contribution in [0.5, 0.6) is 0 Å². The van der Waals surface area contributed by atoms with Crippen molar-refractivity contribution in [1.82, 2.24) is 10.6 Å². The molecule has 0 unspecified atom stereocenters. The molecule has 0 spiro atoms. The molecule has 1 fully saturated rings. The molecular formula is C27H24ClF3N4O. The van der Waals surface area contributed by atoms with Crippen molar-refractivity contribution in [3.8, 4) is 17.2 Å². The minimum Gasteiger partial charge on any atom is -0.337 e. The number of hydrogen-bond acceptors (Lipinski definition) is 3. The van der Waals surface area contributed by atoms with Gasteiger partial charge in [-0.3, -0.25) is 0 Å². The summed E-state index contributed by atoms with van der Waals surface area (Å²) in [6, 6.07) is 19.8. The fourth-order valence-electron chi connectivity index (χ4n) is 4.47. The minimum atomic E-state index is -4.54. The zero-order chi connectivity index (χ0) is 25.8. The average Bonchev–Trinajstić information content (AvgIpc) is 2.89. The number of carbonyl (C=O) groups is 1. The normalized spacial score (nSPS) is 15.1. The third-order valence-electron chi connectivity index (χ3n) is 6.51. The van der Waals surface area contributed by atoms with E-state index in [0.717, 1.165) is 60.8 Å². The van der Waals surface area contributed by atoms with Crippen LogP contribution in [0.4, 0.5) is 23.7 Å². The lowest BCUT2D eigenvalue weighted by Crippen LogP contribution is -2.48. The largest absolute Gasteiger partial charge is 0.416 e. The molecule has 0 radical (unpaired) electrons. The number of hydrogen-bond donors (Lipinski definition) is 3. The summed E-state index contributed by atoms with van der Waals surface area (Å²) in [5.74, 6) is 0. The van der Waals surface area contributed by atoms with Crippen LogP contribution < -0.4 is 16.0 Å². The maximum Gasteiger partial charge on any atom is 0.416 e. The number of urea groups is 1. The van der Waals surface area contributed by atoms with E-state index in [4.69, 9.17) is 16.9 Å². The summed E-state index contributed by atoms with van der Waals surface area (Å²) < 4.78 is 39.1. The van der Waals surface area contributed by atoms with Crippen LogP contribution in [0.1, 0.15) is 29.5 Å². The Morgan fingerprint density at radius 3 is 2.42 bits per heavy atom. The van der Waals surface area contributed by atoms with Crippen molar-refractivity contribution in [3.05, 3.63) is 88.4 Å². The SMILES string of the molecule is N#Cc1cccc(-c2ccc(C3(CNC(=O)Nc4cc(C(F)(F)F)ccc4Cl)CCNCC3)cc2)c1. The third-order valence-corrected chi connectivity index (χ3v) is 6.84. The van der Waals surface area contributed by atoms with Gasteiger partial charge in [0.1, 0.15) is 0 Å². The van der Waals surface area contributed by atoms with Gasteiger partial charge >= 0.3 is 12.2 Å². The number of nitrogens with zero attached hydrogens (tertiary/aromatic N) is 1. The second-order valence-electron chi connectivity index (χ2n) is 8.80. The number of carbonyl (C=O) groups excluding carboxylic acids is 1. The number of benzene rings is 3. The number of nitrogens with one attached hydrogen (secondary N) is 3. The lowest BCUT2D eigenvalue weighted by molar-refractivity contribution is -0.137. The maximum atomic E-state index is 13.0. The second kappa shape index (κ2) is 10.6. The number of anilines is 1. The topological polar surface area (TPSA) is 77.0 Å². The van der Waals surface area contributed by atoms with Crippen LogP contribution in [0.2, 0.25) is 5.02 Å². The van der Waals surface area contributed by atoms with Crippen molar-refractivity contribution in [1.29, 1.82) is 5.26 Å². The highest BCUT2D eigenvalue weighted by Crippen LogP contribution is 2.35. The first-order valence-corrected chi connectivity index (χ1v) is 11.8. The third kappa shape index (κ3) is 5.81. The molecule has 186 valence electrons. The lowest BCUT2D eigenvalue weighted by atomic mass is 9.73. The highest BCUT2D eigenvalue weighted by molar-refractivity contribution is 6.33. The van der Waals surface area contributed by atoms with E-state index in [0.29, 0.717) is 12.1 Å². The van der Waals surface area contributed by atoms with Gasteiger partial charge in [-0.15, -0.1) is 0 Å². The van der Waals surface area contributed by atoms with Crippen LogP contribution >= 0.6 is 11.6 Å². The van der Waals surface area contributed by atoms with Gasteiger partial charge in [-0.2, -0.15) is 18.4 Å². The number of piperidine rings is 1. The van der Waals surface area contributed by atoms with E-state index < -0.39 is 17.8 Å². The van der Waals surface area contributed by atoms with Crippen LogP contribution in [0, 0.1) is 11.3 Å². The summed E-state index contributed by atoms with van der Waals surface area (Å²) in [5, 5.41) is 17.8. The van der Waals surface area contributed by atoms with E-state index in [1.165, 1.54) is 0 Å². The van der Waals surface area contributed by atoms with E-state index >= 15 is 0 Å². The highest BCUT2D eigenvalue weighted by Gasteiger charge is 2.35. The van der Waals surface area contributed by atoms with Gasteiger partial charge in [0.05, 0.1) is 27.9 Å². The summed E-state index contributed by atoms with van der Waals surface area (Å²) in [6.07, 6.45) is -2.99. The zero-order valence-corrected chi connectivity index (χ0v) is 20.0. The molecule has 1 aliphatic heterocycles. The van der Waals surface area contributed by atoms with Crippen molar-refractivity contribution in [2.75, 3.05) is 25.0 Å². The van der Waals surface area contributed by atoms with Gasteiger partial charge in [-0.1, -0.05) is 48.0 Å². The monoisotopic (exact) mass is 512 g/mol. The van der Waals surface area contributed by atoms with Gasteiger partial charge in [0, 0.05) is 12.0 Å². The minimum absolute atomic E-state index is 0.0192. The number of nitriles is 1. The number of amides is 2. The molecule has 0 aliphatic carbocycles. The van der Waals surface area contributed by atoms with Gasteiger partial charge < -0.3 is 16.0 Å². The van der Waals surface area contributed by atoms with Gasteiger partial charge in [-0.25, -0.2) is 4.79 Å². The number of alkyl halides is 3. The molecule has 0 saturated carbocycles. The molecule has 4 rings (SSSR count). The quantitative estimate of drug-likeness (QED) is 0.373. The predicted molar refractivity (Wildman–Crippen MR) is 134 cm³/mol. The molecule has 3 aromatic rings. The predicted octanol–water partition coefficient (Wildman–Crippen LogP) is 6.34. The van der Waals surface area contributed by atoms with Crippen LogP contribution in [0.3, 0.4) is 0 Å². The molecule has 9 heteroatoms. The Morgan fingerprint density at radius 1 is 1.03 bits per heavy atom. The van der Waals surface area contributed by atoms with Crippen molar-refractivity contribution >= 4 is 23.3 Å². The summed E-state index contributed by atoms with van der Waals surface area (Å²) in [7, 11) is 0. The molecule has 5 nitrogen and oxygen atoms in total. The average molecular weight is 513 g/mol. The number of rotatable bonds is 5. The van der Waals surface area contributed by atoms with Gasteiger partial charge in [0.2, 0.25) is 0 Å². The van der Waals surface area contributed by atoms with Gasteiger partial charge in [0.15, 0.2) is 0 Å². The summed E-state index contributed by atoms with van der Waals surface area (Å²) >= 11 is 6.01. The molecule has 1 heterocycles. The number of halogens is 4. The van der Waals surface area contributed by atoms with E-state index in [2.05, 4.69) is 22.0 Å². The molecule has 3 aromatic carbocycles. The molecule has 3 N–H and O–H groups in total. The molecule has 0 aromatic heterocycles. The Hall–Kier alpha value is -3.54. The van der Waals surface area contributed by atoms with Crippen LogP contribution in [0.15, 0.2) is 66.7 Å². The Balaban J connectivity index is 1.50. The van der Waals surface area contributed by atoms with Crippen molar-refractivity contribution < 1.29 is 18.0 Å². The molecule has 36 heavy (non-hydrogen) atoms. The fourth-order valence-corrected chi connectivity index (χ4v) is 4.64. The molecule has 1 aliphatic rings. The van der Waals surface area contributed by atoms with E-state index in [1.807, 2.05) is 42.5 Å². The Morgan fingerprint density at radius 2 is 1.75 bits per heavy atom. The van der Waals surface area contributed by atoms with Crippen LogP contribution in [0.25, 0.3) is 11.1 Å². The van der Waals surface area contributed by atoms with Crippen LogP contribution in [-0.4, -0.2) is 25.7 Å². The van der Waals surface area contributed by atoms with E-state index in [-0.39, 0.29) is 16.1 Å². The summed E-state index contributed by atoms with van der Waals surface area (Å²) in [5.41, 5.74) is 2.22. The standard InChI is InChI=1S/C27H24ClF3N4O/c28-23-9-8-22(27(29,30)31)15-24(23)35-25(36)34-17-26(10-12-33-13-11-26)21-6-4-19(5-7-21)20-3-1-2-18(14-20)16-32/h1-9,14-15,33H,10-13,17H2,(H2,34,35,36). The molecule has 0 atom stereocenters. The first kappa shape index (κ1) is 25.5. The summed E-state index contributed by atoms with van der Waals surface area (Å²) in [6.45, 7) is 1.85. The van der Waals surface area contributed by atoms with Gasteiger partial charge in [-0.05, 0) is 73.0 Å². The fraction of sp³-hybridized carbons (Fsp3) is 0.259. The molecule has 0 bridgehead atoms. The Bertz CT molecular complexity index is 1280. The van der Waals surface area contributed by atoms with Gasteiger partial charge in [0.25, 0.3) is 0 Å². The smallest absolute Gasteiger partial charge is 0.337 e. The highest BCUT2D eigenvalue weighted by atomic mass is 35.5. The van der Waals surface area contributed by atoms with E-state index in [9.17, 15) is 18.0 Å². The van der Waals surface area contributed by atoms with Crippen LogP contribution in [-0.2, 0) is 11.6 Å². The van der Waals surface area contributed by atoms with Crippen molar-refractivity contribution in [2.45, 2.75) is 24.4 Å². The summed E-state index contributed by atoms with van der Waals surface area (Å²) in [4.78, 5) is 12.6. The molecular weight excluding hydrogens is 489 g/mol. The zero-order valence-electron chi connectivity index (χ0n) is 19.3. The van der Waals surface area contributed by atoms with E-state index in [1.54, 1.807) is 6.07 Å². The maximum absolute atomic E-state index is 13.0. The van der Waals surface area contributed by atoms with Crippen molar-refractivity contribution in [2.24, 2.45) is 0 Å². The molecule has 1 saturated heterocycles. The second-order valence-corrected chi connectivity index (χ2v) is 9.21. The van der Waals surface area contributed by atoms with Crippen molar-refractivity contribution in [3.63, 3.8) is 0 Å². The first-order chi connectivity index (χ1) is 17.2.